The minimum absolute atomic E-state index is 0.00561. The number of nitrogens with zero attached hydrogens (tertiary/aromatic N) is 1. The van der Waals surface area contributed by atoms with Crippen LogP contribution in [0.4, 0.5) is 0 Å². The molecule has 0 saturated carbocycles. The highest BCUT2D eigenvalue weighted by Crippen LogP contribution is 2.43. The van der Waals surface area contributed by atoms with Crippen molar-refractivity contribution in [1.82, 2.24) is 4.90 Å². The Bertz CT molecular complexity index is 1140. The molecule has 0 radical (unpaired) electrons. The third-order valence-corrected chi connectivity index (χ3v) is 9.48. The van der Waals surface area contributed by atoms with Gasteiger partial charge in [-0.1, -0.05) is 138 Å². The number of esters is 2. The van der Waals surface area contributed by atoms with Gasteiger partial charge in [-0.2, -0.15) is 0 Å². The highest BCUT2D eigenvalue weighted by molar-refractivity contribution is 7.47. The molecular formula is C45H78NO8P. The van der Waals surface area contributed by atoms with Crippen LogP contribution in [0.15, 0.2) is 72.9 Å². The summed E-state index contributed by atoms with van der Waals surface area (Å²) in [6, 6.07) is 0. The molecule has 0 spiro atoms. The SMILES string of the molecule is CC/C=C\C/C=C\C/C=C\C/C=C\C/C=C\CCCC(=O)OCC(COP(=O)(O)OCCN(C)C)OC(=O)CCCCCCCCC/C=C\CCCCCC. The first-order valence-corrected chi connectivity index (χ1v) is 22.7. The maximum absolute atomic E-state index is 12.6. The predicted octanol–water partition coefficient (Wildman–Crippen LogP) is 12.1. The van der Waals surface area contributed by atoms with Gasteiger partial charge in [0.15, 0.2) is 6.10 Å². The highest BCUT2D eigenvalue weighted by atomic mass is 31.2. The van der Waals surface area contributed by atoms with Crippen LogP contribution in [0.1, 0.15) is 155 Å². The topological polar surface area (TPSA) is 112 Å². The molecule has 0 heterocycles. The normalized spacial score (nSPS) is 14.1. The maximum Gasteiger partial charge on any atom is 0.472 e. The molecule has 0 fully saturated rings. The smallest absolute Gasteiger partial charge is 0.462 e. The number of hydrogen-bond donors (Lipinski definition) is 1. The second-order valence-corrected chi connectivity index (χ2v) is 15.6. The minimum Gasteiger partial charge on any atom is -0.462 e. The first-order valence-electron chi connectivity index (χ1n) is 21.2. The molecule has 0 rings (SSSR count). The van der Waals surface area contributed by atoms with Crippen LogP contribution < -0.4 is 0 Å². The summed E-state index contributed by atoms with van der Waals surface area (Å²) in [5, 5.41) is 0. The monoisotopic (exact) mass is 792 g/mol. The number of unbranched alkanes of at least 4 members (excludes halogenated alkanes) is 12. The van der Waals surface area contributed by atoms with Crippen molar-refractivity contribution in [3.63, 3.8) is 0 Å². The first-order chi connectivity index (χ1) is 26.7. The first kappa shape index (κ1) is 52.5. The van der Waals surface area contributed by atoms with Crippen LogP contribution in [0.2, 0.25) is 0 Å². The van der Waals surface area contributed by atoms with Gasteiger partial charge >= 0.3 is 19.8 Å². The molecule has 0 amide bonds. The van der Waals surface area contributed by atoms with Gasteiger partial charge < -0.3 is 19.3 Å². The van der Waals surface area contributed by atoms with Gasteiger partial charge in [0.25, 0.3) is 0 Å². The summed E-state index contributed by atoms with van der Waals surface area (Å²) in [5.41, 5.74) is 0. The van der Waals surface area contributed by atoms with Crippen molar-refractivity contribution in [3.8, 4) is 0 Å². The van der Waals surface area contributed by atoms with Crippen molar-refractivity contribution in [2.75, 3.05) is 40.5 Å². The quantitative estimate of drug-likeness (QED) is 0.0283. The summed E-state index contributed by atoms with van der Waals surface area (Å²) < 4.78 is 33.4. The Labute approximate surface area is 336 Å². The Balaban J connectivity index is 4.42. The van der Waals surface area contributed by atoms with Crippen molar-refractivity contribution >= 4 is 19.8 Å². The van der Waals surface area contributed by atoms with E-state index in [0.29, 0.717) is 19.4 Å². The van der Waals surface area contributed by atoms with Gasteiger partial charge in [0, 0.05) is 19.4 Å². The predicted molar refractivity (Wildman–Crippen MR) is 229 cm³/mol. The molecule has 2 atom stereocenters. The average Bonchev–Trinajstić information content (AvgIpc) is 3.15. The van der Waals surface area contributed by atoms with E-state index < -0.39 is 32.5 Å². The molecule has 0 aromatic carbocycles. The Morgan fingerprint density at radius 2 is 1.05 bits per heavy atom. The van der Waals surface area contributed by atoms with E-state index in [1.807, 2.05) is 20.2 Å². The van der Waals surface area contributed by atoms with Gasteiger partial charge in [-0.25, -0.2) is 4.57 Å². The van der Waals surface area contributed by atoms with Crippen molar-refractivity contribution in [1.29, 1.82) is 0 Å². The largest absolute Gasteiger partial charge is 0.472 e. The van der Waals surface area contributed by atoms with E-state index in [9.17, 15) is 19.0 Å². The number of rotatable bonds is 38. The van der Waals surface area contributed by atoms with Crippen LogP contribution in [0.25, 0.3) is 0 Å². The fraction of sp³-hybridized carbons (Fsp3) is 0.689. The van der Waals surface area contributed by atoms with Crippen LogP contribution >= 0.6 is 7.82 Å². The summed E-state index contributed by atoms with van der Waals surface area (Å²) in [4.78, 5) is 37.0. The zero-order chi connectivity index (χ0) is 40.5. The number of carbonyl (C=O) groups excluding carboxylic acids is 2. The molecule has 1 N–H and O–H groups in total. The molecule has 316 valence electrons. The molecule has 2 unspecified atom stereocenters. The molecule has 0 aliphatic carbocycles. The lowest BCUT2D eigenvalue weighted by molar-refractivity contribution is -0.161. The third-order valence-electron chi connectivity index (χ3n) is 8.50. The molecule has 0 bridgehead atoms. The van der Waals surface area contributed by atoms with Crippen LogP contribution in [-0.2, 0) is 32.7 Å². The van der Waals surface area contributed by atoms with Crippen molar-refractivity contribution in [3.05, 3.63) is 72.9 Å². The fourth-order valence-electron chi connectivity index (χ4n) is 5.25. The van der Waals surface area contributed by atoms with Crippen molar-refractivity contribution in [2.24, 2.45) is 0 Å². The van der Waals surface area contributed by atoms with E-state index in [2.05, 4.69) is 80.7 Å². The number of phosphoric acid groups is 1. The molecule has 0 aliphatic rings. The number of hydrogen-bond acceptors (Lipinski definition) is 8. The summed E-state index contributed by atoms with van der Waals surface area (Å²) in [6.07, 6.45) is 46.7. The minimum atomic E-state index is -4.38. The fourth-order valence-corrected chi connectivity index (χ4v) is 5.99. The van der Waals surface area contributed by atoms with Crippen LogP contribution in [0.5, 0.6) is 0 Å². The molecule has 0 aliphatic heterocycles. The van der Waals surface area contributed by atoms with Gasteiger partial charge in [0.1, 0.15) is 6.61 Å². The summed E-state index contributed by atoms with van der Waals surface area (Å²) >= 11 is 0. The van der Waals surface area contributed by atoms with E-state index in [1.54, 1.807) is 4.90 Å². The zero-order valence-electron chi connectivity index (χ0n) is 35.1. The number of allylic oxidation sites excluding steroid dienone is 12. The van der Waals surface area contributed by atoms with Gasteiger partial charge in [-0.15, -0.1) is 0 Å². The van der Waals surface area contributed by atoms with Crippen LogP contribution in [-0.4, -0.2) is 68.3 Å². The molecule has 0 saturated heterocycles. The highest BCUT2D eigenvalue weighted by Gasteiger charge is 2.26. The van der Waals surface area contributed by atoms with E-state index in [0.717, 1.165) is 64.2 Å². The lowest BCUT2D eigenvalue weighted by Gasteiger charge is -2.20. The standard InChI is InChI=1S/C45H78NO8P/c1-5-7-9-11-13-15-17-19-21-22-24-25-27-29-31-33-35-37-44(47)51-41-43(42-53-55(49,50)52-40-39-46(3)4)54-45(48)38-36-34-32-30-28-26-23-20-18-16-14-12-10-8-6-2/h7,9,13,15-16,18-19,21,24-25,29,31,43H,5-6,8,10-12,14,17,20,22-23,26-28,30,32-42H2,1-4H3,(H,49,50)/b9-7-,15-13-,18-16-,21-19-,25-24-,31-29-. The third kappa shape index (κ3) is 40.9. The van der Waals surface area contributed by atoms with E-state index in [4.69, 9.17) is 18.5 Å². The zero-order valence-corrected chi connectivity index (χ0v) is 36.0. The molecule has 55 heavy (non-hydrogen) atoms. The number of likely N-dealkylation sites (N-methyl/N-ethyl adjacent to an activating group) is 1. The van der Waals surface area contributed by atoms with Crippen LogP contribution in [0, 0.1) is 0 Å². The van der Waals surface area contributed by atoms with Gasteiger partial charge in [0.05, 0.1) is 13.2 Å². The van der Waals surface area contributed by atoms with Crippen molar-refractivity contribution in [2.45, 2.75) is 161 Å². The lowest BCUT2D eigenvalue weighted by atomic mass is 10.1. The van der Waals surface area contributed by atoms with Gasteiger partial charge in [-0.3, -0.25) is 18.6 Å². The van der Waals surface area contributed by atoms with Gasteiger partial charge in [-0.05, 0) is 91.1 Å². The van der Waals surface area contributed by atoms with E-state index in [1.165, 1.54) is 51.4 Å². The Hall–Kier alpha value is -2.55. The molecule has 0 aromatic rings. The average molecular weight is 792 g/mol. The number of carbonyl (C=O) groups is 2. The second kappa shape index (κ2) is 39.7. The van der Waals surface area contributed by atoms with E-state index in [-0.39, 0.29) is 26.1 Å². The maximum atomic E-state index is 12.6. The summed E-state index contributed by atoms with van der Waals surface area (Å²) in [5.74, 6) is -0.882. The lowest BCUT2D eigenvalue weighted by Crippen LogP contribution is -2.29. The number of phosphoric ester groups is 1. The Morgan fingerprint density at radius 3 is 1.62 bits per heavy atom. The summed E-state index contributed by atoms with van der Waals surface area (Å²) in [6.45, 7) is 4.11. The number of ether oxygens (including phenoxy) is 2. The van der Waals surface area contributed by atoms with Gasteiger partial charge in [0.2, 0.25) is 0 Å². The second-order valence-electron chi connectivity index (χ2n) is 14.1. The summed E-state index contributed by atoms with van der Waals surface area (Å²) in [7, 11) is -0.746. The van der Waals surface area contributed by atoms with Crippen molar-refractivity contribution < 1.29 is 37.6 Å². The molecule has 0 aromatic heterocycles. The Morgan fingerprint density at radius 1 is 0.582 bits per heavy atom. The molecule has 9 nitrogen and oxygen atoms in total. The van der Waals surface area contributed by atoms with E-state index >= 15 is 0 Å². The van der Waals surface area contributed by atoms with Crippen LogP contribution in [0.3, 0.4) is 0 Å². The molecule has 10 heteroatoms. The molecular weight excluding hydrogens is 713 g/mol. The Kier molecular flexibility index (Phi) is 37.8.